The molecule has 3 atom stereocenters. The van der Waals surface area contributed by atoms with E-state index in [-0.39, 0.29) is 18.0 Å². The zero-order chi connectivity index (χ0) is 15.6. The van der Waals surface area contributed by atoms with Crippen LogP contribution in [0.25, 0.3) is 0 Å². The fourth-order valence-corrected chi connectivity index (χ4v) is 2.47. The second kappa shape index (κ2) is 5.89. The number of ether oxygens (including phenoxy) is 1. The molecule has 0 aromatic heterocycles. The maximum Gasteiger partial charge on any atom is 0.408 e. The van der Waals surface area contributed by atoms with Crippen molar-refractivity contribution in [3.63, 3.8) is 0 Å². The lowest BCUT2D eigenvalue weighted by molar-refractivity contribution is -0.123. The van der Waals surface area contributed by atoms with Crippen molar-refractivity contribution in [1.29, 1.82) is 0 Å². The third kappa shape index (κ3) is 4.07. The summed E-state index contributed by atoms with van der Waals surface area (Å²) < 4.78 is 5.21. The van der Waals surface area contributed by atoms with Gasteiger partial charge in [-0.05, 0) is 27.8 Å². The number of hydrogen-bond acceptors (Lipinski definition) is 4. The molecule has 0 bridgehead atoms. The van der Waals surface area contributed by atoms with Crippen molar-refractivity contribution in [2.75, 3.05) is 13.6 Å². The molecule has 6 nitrogen and oxygen atoms in total. The molecule has 2 N–H and O–H groups in total. The number of carbonyl (C=O) groups excluding carboxylic acids is 2. The van der Waals surface area contributed by atoms with E-state index in [2.05, 4.69) is 10.6 Å². The second-order valence-electron chi connectivity index (χ2n) is 6.43. The van der Waals surface area contributed by atoms with E-state index in [1.165, 1.54) is 0 Å². The van der Waals surface area contributed by atoms with Crippen LogP contribution in [0, 0.1) is 0 Å². The number of carbonyl (C=O) groups is 2. The van der Waals surface area contributed by atoms with Crippen molar-refractivity contribution in [2.24, 2.45) is 0 Å². The van der Waals surface area contributed by atoms with Crippen LogP contribution in [-0.4, -0.2) is 54.2 Å². The molecule has 0 spiro atoms. The molecule has 2 rings (SSSR count). The largest absolute Gasteiger partial charge is 0.444 e. The minimum absolute atomic E-state index is 0.0714. The van der Waals surface area contributed by atoms with Crippen LogP contribution in [0.1, 0.15) is 20.8 Å². The molecule has 116 valence electrons. The van der Waals surface area contributed by atoms with Gasteiger partial charge in [-0.3, -0.25) is 9.69 Å². The molecule has 2 aliphatic rings. The average molecular weight is 293 g/mol. The van der Waals surface area contributed by atoms with Crippen LogP contribution in [0.2, 0.25) is 0 Å². The zero-order valence-corrected chi connectivity index (χ0v) is 12.9. The van der Waals surface area contributed by atoms with Crippen molar-refractivity contribution >= 4 is 12.0 Å². The Morgan fingerprint density at radius 3 is 2.71 bits per heavy atom. The van der Waals surface area contributed by atoms with E-state index in [9.17, 15) is 9.59 Å². The molecular formula is C15H23N3O3. The highest BCUT2D eigenvalue weighted by Gasteiger charge is 2.35. The van der Waals surface area contributed by atoms with Crippen LogP contribution >= 0.6 is 0 Å². The lowest BCUT2D eigenvalue weighted by Crippen LogP contribution is -2.51. The van der Waals surface area contributed by atoms with Gasteiger partial charge in [0.05, 0.1) is 12.1 Å². The summed E-state index contributed by atoms with van der Waals surface area (Å²) in [4.78, 5) is 26.1. The smallest absolute Gasteiger partial charge is 0.408 e. The minimum Gasteiger partial charge on any atom is -0.444 e. The van der Waals surface area contributed by atoms with Gasteiger partial charge in [0.1, 0.15) is 11.6 Å². The Hall–Kier alpha value is -1.82. The molecule has 0 saturated carbocycles. The minimum atomic E-state index is -0.628. The van der Waals surface area contributed by atoms with Gasteiger partial charge in [0.15, 0.2) is 0 Å². The maximum atomic E-state index is 12.2. The predicted octanol–water partition coefficient (Wildman–Crippen LogP) is 0.804. The fourth-order valence-electron chi connectivity index (χ4n) is 2.47. The third-order valence-corrected chi connectivity index (χ3v) is 3.40. The van der Waals surface area contributed by atoms with Crippen LogP contribution in [0.4, 0.5) is 4.79 Å². The average Bonchev–Trinajstić information content (AvgIpc) is 2.46. The highest BCUT2D eigenvalue weighted by molar-refractivity contribution is 5.86. The molecule has 1 aliphatic carbocycles. The Kier molecular flexibility index (Phi) is 4.37. The van der Waals surface area contributed by atoms with Crippen LogP contribution in [-0.2, 0) is 9.53 Å². The number of amides is 2. The van der Waals surface area contributed by atoms with Crippen LogP contribution in [0.3, 0.4) is 0 Å². The Morgan fingerprint density at radius 2 is 2.05 bits per heavy atom. The van der Waals surface area contributed by atoms with Gasteiger partial charge in [0, 0.05) is 6.54 Å². The number of likely N-dealkylation sites (N-methyl/N-ethyl adjacent to an activating group) is 1. The van der Waals surface area contributed by atoms with Crippen LogP contribution in [0.15, 0.2) is 24.3 Å². The third-order valence-electron chi connectivity index (χ3n) is 3.40. The van der Waals surface area contributed by atoms with E-state index in [1.807, 2.05) is 36.3 Å². The van der Waals surface area contributed by atoms with Gasteiger partial charge < -0.3 is 15.4 Å². The summed E-state index contributed by atoms with van der Waals surface area (Å²) in [5, 5.41) is 5.58. The van der Waals surface area contributed by atoms with Gasteiger partial charge >= 0.3 is 6.09 Å². The first-order chi connectivity index (χ1) is 9.76. The molecule has 1 fully saturated rings. The summed E-state index contributed by atoms with van der Waals surface area (Å²) in [6, 6.07) is -0.598. The van der Waals surface area contributed by atoms with Gasteiger partial charge in [-0.15, -0.1) is 0 Å². The molecule has 1 saturated heterocycles. The number of alkyl carbamates (subject to hydrolysis) is 1. The molecule has 0 radical (unpaired) electrons. The fraction of sp³-hybridized carbons (Fsp3) is 0.600. The van der Waals surface area contributed by atoms with Gasteiger partial charge in [-0.25, -0.2) is 4.79 Å². The van der Waals surface area contributed by atoms with Crippen molar-refractivity contribution in [3.05, 3.63) is 24.3 Å². The molecule has 1 aliphatic heterocycles. The number of nitrogens with one attached hydrogen (secondary N) is 2. The molecule has 2 unspecified atom stereocenters. The molecule has 0 aromatic carbocycles. The van der Waals surface area contributed by atoms with Crippen molar-refractivity contribution < 1.29 is 14.3 Å². The number of hydrogen-bond donors (Lipinski definition) is 2. The van der Waals surface area contributed by atoms with Gasteiger partial charge in [0.25, 0.3) is 0 Å². The SMILES string of the molecule is CN1C[C@H](NC(=O)OC(C)(C)C)C(=O)NC2C=CC=CC21. The topological polar surface area (TPSA) is 70.7 Å². The lowest BCUT2D eigenvalue weighted by atomic mass is 10.0. The summed E-state index contributed by atoms with van der Waals surface area (Å²) in [6.45, 7) is 5.80. The highest BCUT2D eigenvalue weighted by atomic mass is 16.6. The predicted molar refractivity (Wildman–Crippen MR) is 79.8 cm³/mol. The van der Waals surface area contributed by atoms with E-state index in [0.29, 0.717) is 6.54 Å². The Morgan fingerprint density at radius 1 is 1.38 bits per heavy atom. The summed E-state index contributed by atoms with van der Waals surface area (Å²) >= 11 is 0. The number of rotatable bonds is 1. The van der Waals surface area contributed by atoms with E-state index in [1.54, 1.807) is 20.8 Å². The lowest BCUT2D eigenvalue weighted by Gasteiger charge is -2.29. The summed E-state index contributed by atoms with van der Waals surface area (Å²) in [5.74, 6) is -0.194. The van der Waals surface area contributed by atoms with E-state index < -0.39 is 17.7 Å². The van der Waals surface area contributed by atoms with Crippen molar-refractivity contribution in [3.8, 4) is 0 Å². The van der Waals surface area contributed by atoms with Gasteiger partial charge in [0.2, 0.25) is 5.91 Å². The van der Waals surface area contributed by atoms with Crippen molar-refractivity contribution in [1.82, 2.24) is 15.5 Å². The van der Waals surface area contributed by atoms with Gasteiger partial charge in [-0.1, -0.05) is 24.3 Å². The first-order valence-electron chi connectivity index (χ1n) is 7.11. The molecular weight excluding hydrogens is 270 g/mol. The Bertz CT molecular complexity index is 479. The normalized spacial score (nSPS) is 29.3. The first kappa shape index (κ1) is 15.6. The monoisotopic (exact) mass is 293 g/mol. The van der Waals surface area contributed by atoms with Gasteiger partial charge in [-0.2, -0.15) is 0 Å². The van der Waals surface area contributed by atoms with E-state index in [0.717, 1.165) is 0 Å². The van der Waals surface area contributed by atoms with E-state index >= 15 is 0 Å². The second-order valence-corrected chi connectivity index (χ2v) is 6.43. The number of allylic oxidation sites excluding steroid dienone is 2. The molecule has 2 amide bonds. The molecule has 21 heavy (non-hydrogen) atoms. The maximum absolute atomic E-state index is 12.2. The number of nitrogens with zero attached hydrogens (tertiary/aromatic N) is 1. The summed E-state index contributed by atoms with van der Waals surface area (Å²) in [6.07, 6.45) is 7.30. The summed E-state index contributed by atoms with van der Waals surface area (Å²) in [5.41, 5.74) is -0.587. The first-order valence-corrected chi connectivity index (χ1v) is 7.11. The van der Waals surface area contributed by atoms with E-state index in [4.69, 9.17) is 4.74 Å². The highest BCUT2D eigenvalue weighted by Crippen LogP contribution is 2.15. The summed E-state index contributed by atoms with van der Waals surface area (Å²) in [7, 11) is 1.94. The van der Waals surface area contributed by atoms with Crippen LogP contribution in [0.5, 0.6) is 0 Å². The Labute approximate surface area is 125 Å². The number of fused-ring (bicyclic) bond motifs is 1. The molecule has 0 aromatic rings. The molecule has 1 heterocycles. The molecule has 6 heteroatoms. The quantitative estimate of drug-likeness (QED) is 0.750. The standard InChI is InChI=1S/C15H23N3O3/c1-15(2,3)21-14(20)17-11-9-18(4)12-8-6-5-7-10(12)16-13(11)19/h5-8,10-12H,9H2,1-4H3,(H,16,19)(H,17,20)/t10?,11-,12?/m0/s1. The van der Waals surface area contributed by atoms with Crippen LogP contribution < -0.4 is 10.6 Å². The zero-order valence-electron chi connectivity index (χ0n) is 12.9. The van der Waals surface area contributed by atoms with Crippen molar-refractivity contribution in [2.45, 2.75) is 44.5 Å². The Balaban J connectivity index is 2.04.